The Labute approximate surface area is 252 Å². The van der Waals surface area contributed by atoms with Gasteiger partial charge < -0.3 is 19.6 Å². The highest BCUT2D eigenvalue weighted by atomic mass is 32.2. The molecule has 4 aromatic rings. The number of hydrogen-bond acceptors (Lipinski definition) is 6. The van der Waals surface area contributed by atoms with Crippen LogP contribution in [0, 0.1) is 0 Å². The van der Waals surface area contributed by atoms with Crippen molar-refractivity contribution in [2.45, 2.75) is 38.0 Å². The third-order valence-electron chi connectivity index (χ3n) is 6.45. The fourth-order valence-corrected chi connectivity index (χ4v) is 5.08. The minimum absolute atomic E-state index is 0.0497. The van der Waals surface area contributed by atoms with Crippen molar-refractivity contribution in [3.63, 3.8) is 0 Å². The Hall–Kier alpha value is -4.89. The standard InChI is InChI=1S/C34H34N2O6S/c37-33(32(25-28-15-7-2-8-16-28)36-34(38)41-26-29-17-9-3-10-18-29)35-30(22-21-27-13-5-1-6-14-27)23-24-43(39,40)42-31-19-11-4-12-20-31/h1-20,23-24,30,32H,21-22,25-26H2,(H,35,37)(H,36,38)/b24-23+/t30-,32-/m0/s1. The zero-order chi connectivity index (χ0) is 30.3. The molecule has 9 heteroatoms. The maximum absolute atomic E-state index is 13.6. The van der Waals surface area contributed by atoms with Crippen LogP contribution in [0.1, 0.15) is 23.1 Å². The number of rotatable bonds is 14. The Kier molecular flexibility index (Phi) is 11.5. The van der Waals surface area contributed by atoms with E-state index in [1.165, 1.54) is 18.2 Å². The Balaban J connectivity index is 1.48. The number of aryl methyl sites for hydroxylation is 1. The Morgan fingerprint density at radius 1 is 0.698 bits per heavy atom. The monoisotopic (exact) mass is 598 g/mol. The summed E-state index contributed by atoms with van der Waals surface area (Å²) in [7, 11) is -4.09. The van der Waals surface area contributed by atoms with Crippen LogP contribution in [0.2, 0.25) is 0 Å². The molecule has 0 saturated heterocycles. The van der Waals surface area contributed by atoms with E-state index in [0.717, 1.165) is 22.1 Å². The molecule has 0 aliphatic carbocycles. The molecule has 222 valence electrons. The first-order valence-corrected chi connectivity index (χ1v) is 15.4. The summed E-state index contributed by atoms with van der Waals surface area (Å²) in [5, 5.41) is 6.53. The first-order chi connectivity index (χ1) is 20.9. The molecule has 0 aliphatic heterocycles. The number of nitrogens with one attached hydrogen (secondary N) is 2. The maximum Gasteiger partial charge on any atom is 0.408 e. The number of para-hydroxylation sites is 1. The van der Waals surface area contributed by atoms with Crippen LogP contribution in [0.4, 0.5) is 4.79 Å². The number of carbonyl (C=O) groups excluding carboxylic acids is 2. The molecule has 4 rings (SSSR count). The van der Waals surface area contributed by atoms with E-state index >= 15 is 0 Å². The fraction of sp³-hybridized carbons (Fsp3) is 0.176. The quantitative estimate of drug-likeness (QED) is 0.184. The van der Waals surface area contributed by atoms with Gasteiger partial charge in [-0.15, -0.1) is 0 Å². The highest BCUT2D eigenvalue weighted by Gasteiger charge is 2.24. The predicted octanol–water partition coefficient (Wildman–Crippen LogP) is 5.56. The normalized spacial score (nSPS) is 12.7. The molecule has 43 heavy (non-hydrogen) atoms. The van der Waals surface area contributed by atoms with Crippen molar-refractivity contribution < 1.29 is 26.9 Å². The molecule has 0 aromatic heterocycles. The Morgan fingerprint density at radius 3 is 1.84 bits per heavy atom. The van der Waals surface area contributed by atoms with E-state index in [9.17, 15) is 18.0 Å². The minimum Gasteiger partial charge on any atom is -0.445 e. The van der Waals surface area contributed by atoms with E-state index < -0.39 is 34.2 Å². The van der Waals surface area contributed by atoms with Gasteiger partial charge in [0, 0.05) is 12.5 Å². The van der Waals surface area contributed by atoms with E-state index in [1.54, 1.807) is 18.2 Å². The van der Waals surface area contributed by atoms with E-state index in [2.05, 4.69) is 10.6 Å². The van der Waals surface area contributed by atoms with Crippen molar-refractivity contribution in [1.29, 1.82) is 0 Å². The molecule has 0 spiro atoms. The van der Waals surface area contributed by atoms with Gasteiger partial charge in [0.25, 0.3) is 0 Å². The highest BCUT2D eigenvalue weighted by molar-refractivity contribution is 7.90. The van der Waals surface area contributed by atoms with Gasteiger partial charge in [0.05, 0.1) is 5.41 Å². The van der Waals surface area contributed by atoms with E-state index in [-0.39, 0.29) is 18.8 Å². The lowest BCUT2D eigenvalue weighted by atomic mass is 10.0. The lowest BCUT2D eigenvalue weighted by molar-refractivity contribution is -0.123. The average molecular weight is 599 g/mol. The summed E-state index contributed by atoms with van der Waals surface area (Å²) in [6.45, 7) is 0.0497. The molecule has 0 heterocycles. The summed E-state index contributed by atoms with van der Waals surface area (Å²) in [6, 6.07) is 34.7. The molecule has 0 fully saturated rings. The molecule has 0 unspecified atom stereocenters. The average Bonchev–Trinajstić information content (AvgIpc) is 3.03. The third-order valence-corrected chi connectivity index (χ3v) is 7.37. The topological polar surface area (TPSA) is 111 Å². The summed E-state index contributed by atoms with van der Waals surface area (Å²) in [5.74, 6) is -0.303. The van der Waals surface area contributed by atoms with Gasteiger partial charge in [-0.3, -0.25) is 4.79 Å². The van der Waals surface area contributed by atoms with Gasteiger partial charge >= 0.3 is 16.2 Å². The molecule has 8 nitrogen and oxygen atoms in total. The van der Waals surface area contributed by atoms with Crippen LogP contribution in [-0.4, -0.2) is 32.5 Å². The van der Waals surface area contributed by atoms with Crippen molar-refractivity contribution in [3.05, 3.63) is 150 Å². The molecule has 0 radical (unpaired) electrons. The summed E-state index contributed by atoms with van der Waals surface area (Å²) in [4.78, 5) is 26.3. The molecule has 2 amide bonds. The second-order valence-electron chi connectivity index (χ2n) is 9.81. The Bertz CT molecular complexity index is 1560. The zero-order valence-corrected chi connectivity index (χ0v) is 24.4. The molecular formula is C34H34N2O6S. The van der Waals surface area contributed by atoms with Gasteiger partial charge in [-0.2, -0.15) is 8.42 Å². The van der Waals surface area contributed by atoms with Crippen LogP contribution in [0.15, 0.2) is 133 Å². The van der Waals surface area contributed by atoms with Gasteiger partial charge in [0.15, 0.2) is 0 Å². The molecular weight excluding hydrogens is 564 g/mol. The minimum atomic E-state index is -4.09. The van der Waals surface area contributed by atoms with Gasteiger partial charge in [0.1, 0.15) is 18.4 Å². The lowest BCUT2D eigenvalue weighted by Gasteiger charge is -2.22. The van der Waals surface area contributed by atoms with Crippen LogP contribution >= 0.6 is 0 Å². The van der Waals surface area contributed by atoms with Gasteiger partial charge in [-0.05, 0) is 47.7 Å². The second kappa shape index (κ2) is 15.9. The maximum atomic E-state index is 13.6. The SMILES string of the molecule is O=C(N[C@@H](Cc1ccccc1)C(=O)N[C@H](/C=C/S(=O)(=O)Oc1ccccc1)CCc1ccccc1)OCc1ccccc1. The predicted molar refractivity (Wildman–Crippen MR) is 166 cm³/mol. The first-order valence-electron chi connectivity index (χ1n) is 13.9. The van der Waals surface area contributed by atoms with Crippen LogP contribution in [0.5, 0.6) is 5.75 Å². The summed E-state index contributed by atoms with van der Waals surface area (Å²) in [5.41, 5.74) is 2.68. The zero-order valence-electron chi connectivity index (χ0n) is 23.5. The van der Waals surface area contributed by atoms with Crippen molar-refractivity contribution in [2.24, 2.45) is 0 Å². The van der Waals surface area contributed by atoms with Crippen LogP contribution in [0.3, 0.4) is 0 Å². The molecule has 2 N–H and O–H groups in total. The molecule has 2 atom stereocenters. The first kappa shape index (κ1) is 31.1. The van der Waals surface area contributed by atoms with Crippen molar-refractivity contribution in [3.8, 4) is 5.75 Å². The fourth-order valence-electron chi connectivity index (χ4n) is 4.26. The van der Waals surface area contributed by atoms with E-state index in [4.69, 9.17) is 8.92 Å². The smallest absolute Gasteiger partial charge is 0.408 e. The number of alkyl carbamates (subject to hydrolysis) is 1. The van der Waals surface area contributed by atoms with Gasteiger partial charge in [-0.1, -0.05) is 109 Å². The van der Waals surface area contributed by atoms with E-state index in [0.29, 0.717) is 12.8 Å². The largest absolute Gasteiger partial charge is 0.445 e. The van der Waals surface area contributed by atoms with Crippen molar-refractivity contribution in [2.75, 3.05) is 0 Å². The van der Waals surface area contributed by atoms with Crippen LogP contribution in [0.25, 0.3) is 0 Å². The Morgan fingerprint density at radius 2 is 1.23 bits per heavy atom. The molecule has 4 aromatic carbocycles. The highest BCUT2D eigenvalue weighted by Crippen LogP contribution is 2.14. The number of amides is 2. The number of ether oxygens (including phenoxy) is 1. The number of hydrogen-bond donors (Lipinski definition) is 2. The lowest BCUT2D eigenvalue weighted by Crippen LogP contribution is -2.50. The van der Waals surface area contributed by atoms with Crippen molar-refractivity contribution >= 4 is 22.1 Å². The van der Waals surface area contributed by atoms with Gasteiger partial charge in [-0.25, -0.2) is 4.79 Å². The number of benzene rings is 4. The summed E-state index contributed by atoms with van der Waals surface area (Å²) < 4.78 is 35.9. The van der Waals surface area contributed by atoms with E-state index in [1.807, 2.05) is 91.0 Å². The second-order valence-corrected chi connectivity index (χ2v) is 11.2. The number of carbonyl (C=O) groups is 2. The summed E-state index contributed by atoms with van der Waals surface area (Å²) in [6.07, 6.45) is 1.84. The van der Waals surface area contributed by atoms with Crippen LogP contribution in [-0.2, 0) is 39.1 Å². The van der Waals surface area contributed by atoms with Crippen LogP contribution < -0.4 is 14.8 Å². The third kappa shape index (κ3) is 11.1. The summed E-state index contributed by atoms with van der Waals surface area (Å²) >= 11 is 0. The molecule has 0 bridgehead atoms. The molecule has 0 saturated carbocycles. The molecule has 0 aliphatic rings. The van der Waals surface area contributed by atoms with Crippen molar-refractivity contribution in [1.82, 2.24) is 10.6 Å². The van der Waals surface area contributed by atoms with Gasteiger partial charge in [0.2, 0.25) is 5.91 Å².